The number of carbonyl (C=O) groups is 2. The van der Waals surface area contributed by atoms with Crippen LogP contribution in [0.1, 0.15) is 85.0 Å². The Hall–Kier alpha value is -4.61. The molecule has 1 aromatic heterocycles. The Balaban J connectivity index is 1.57. The van der Waals surface area contributed by atoms with Gasteiger partial charge in [0.05, 0.1) is 31.2 Å². The molecule has 2 aliphatic rings. The maximum atomic E-state index is 16.6. The zero-order valence-corrected chi connectivity index (χ0v) is 29.8. The van der Waals surface area contributed by atoms with E-state index in [9.17, 15) is 37.1 Å². The van der Waals surface area contributed by atoms with Crippen LogP contribution in [0, 0.1) is 49.6 Å². The lowest BCUT2D eigenvalue weighted by Gasteiger charge is -2.34. The van der Waals surface area contributed by atoms with Crippen molar-refractivity contribution in [1.29, 1.82) is 0 Å². The number of terminal acetylenes is 1. The number of pyridine rings is 1. The smallest absolute Gasteiger partial charge is 0.416 e. The number of halogens is 6. The number of fused-ring (bicyclic) bond motifs is 2. The van der Waals surface area contributed by atoms with Crippen LogP contribution < -0.4 is 10.9 Å². The van der Waals surface area contributed by atoms with Gasteiger partial charge in [-0.25, -0.2) is 13.2 Å². The predicted octanol–water partition coefficient (Wildman–Crippen LogP) is 6.87. The molecular weight excluding hydrogens is 704 g/mol. The van der Waals surface area contributed by atoms with Crippen LogP contribution in [0.15, 0.2) is 35.3 Å². The molecule has 53 heavy (non-hydrogen) atoms. The number of nitrogens with one attached hydrogen (secondary N) is 1. The van der Waals surface area contributed by atoms with Crippen molar-refractivity contribution in [2.24, 2.45) is 5.92 Å². The molecule has 0 spiro atoms. The Bertz CT molecular complexity index is 1960. The first-order chi connectivity index (χ1) is 24.9. The van der Waals surface area contributed by atoms with Crippen LogP contribution in [-0.4, -0.2) is 58.3 Å². The highest BCUT2D eigenvalue weighted by atomic mass is 19.4. The van der Waals surface area contributed by atoms with Crippen molar-refractivity contribution in [1.82, 2.24) is 14.8 Å². The maximum absolute atomic E-state index is 16.6. The minimum atomic E-state index is -4.88. The molecule has 2 N–H and O–H groups in total. The lowest BCUT2D eigenvalue weighted by molar-refractivity contribution is -0.139. The highest BCUT2D eigenvalue weighted by Gasteiger charge is 2.39. The molecule has 284 valence electrons. The molecule has 0 aliphatic carbocycles. The summed E-state index contributed by atoms with van der Waals surface area (Å²) in [7, 11) is 0. The molecule has 5 rings (SSSR count). The van der Waals surface area contributed by atoms with Gasteiger partial charge in [0, 0.05) is 47.6 Å². The van der Waals surface area contributed by atoms with Crippen molar-refractivity contribution < 1.29 is 45.8 Å². The summed E-state index contributed by atoms with van der Waals surface area (Å²) >= 11 is 0. The summed E-state index contributed by atoms with van der Waals surface area (Å²) in [6.45, 7) is 7.57. The molecule has 8 nitrogen and oxygen atoms in total. The van der Waals surface area contributed by atoms with Crippen molar-refractivity contribution in [2.75, 3.05) is 19.8 Å². The standard InChI is InChI=1S/C39H41F6N3O5/c1-6-23-14-29(41)36(37(42)35(23)34-21(4)12-25(40)13-22(34)5)30(16-33(50)51)46-38(52)31(11-20(2)3)48-17-24(28(15-32(48)49)39(43,44)45)9-10-47-26-7-8-27(47)19-53-18-26/h1,12-15,17,20,26-27,30-31H,7-11,16,18-19H2,2-5H3,(H,46,52)(H,50,51). The molecule has 0 radical (unpaired) electrons. The van der Waals surface area contributed by atoms with Crippen LogP contribution in [0.3, 0.4) is 0 Å². The fourth-order valence-corrected chi connectivity index (χ4v) is 7.70. The van der Waals surface area contributed by atoms with E-state index in [0.717, 1.165) is 41.8 Å². The van der Waals surface area contributed by atoms with Crippen LogP contribution in [0.2, 0.25) is 0 Å². The molecule has 0 saturated carbocycles. The molecule has 4 atom stereocenters. The fourth-order valence-electron chi connectivity index (χ4n) is 7.70. The second kappa shape index (κ2) is 15.8. The number of ether oxygens (including phenoxy) is 1. The van der Waals surface area contributed by atoms with Crippen LogP contribution in [0.25, 0.3) is 11.1 Å². The molecule has 2 saturated heterocycles. The minimum absolute atomic E-state index is 0.0616. The highest BCUT2D eigenvalue weighted by Crippen LogP contribution is 2.39. The summed E-state index contributed by atoms with van der Waals surface area (Å²) in [4.78, 5) is 41.7. The van der Waals surface area contributed by atoms with E-state index in [1.54, 1.807) is 13.8 Å². The Kier molecular flexibility index (Phi) is 11.8. The average Bonchev–Trinajstić information content (AvgIpc) is 3.26. The lowest BCUT2D eigenvalue weighted by atomic mass is 9.88. The van der Waals surface area contributed by atoms with Crippen LogP contribution in [0.5, 0.6) is 0 Å². The molecule has 2 fully saturated rings. The first-order valence-corrected chi connectivity index (χ1v) is 17.3. The van der Waals surface area contributed by atoms with E-state index in [1.807, 2.05) is 0 Å². The largest absolute Gasteiger partial charge is 0.481 e. The van der Waals surface area contributed by atoms with E-state index in [4.69, 9.17) is 11.2 Å². The van der Waals surface area contributed by atoms with Crippen molar-refractivity contribution in [3.05, 3.63) is 91.6 Å². The third-order valence-electron chi connectivity index (χ3n) is 10.0. The van der Waals surface area contributed by atoms with Gasteiger partial charge in [-0.15, -0.1) is 6.42 Å². The number of amides is 1. The van der Waals surface area contributed by atoms with E-state index in [0.29, 0.717) is 19.3 Å². The van der Waals surface area contributed by atoms with Gasteiger partial charge >= 0.3 is 12.1 Å². The summed E-state index contributed by atoms with van der Waals surface area (Å²) in [6.07, 6.45) is 2.23. The molecule has 4 unspecified atom stereocenters. The lowest BCUT2D eigenvalue weighted by Crippen LogP contribution is -2.46. The van der Waals surface area contributed by atoms with E-state index < -0.39 is 70.7 Å². The molecular formula is C39H41F6N3O5. The van der Waals surface area contributed by atoms with Gasteiger partial charge in [0.25, 0.3) is 5.56 Å². The van der Waals surface area contributed by atoms with Crippen molar-refractivity contribution in [2.45, 2.75) is 90.1 Å². The van der Waals surface area contributed by atoms with Crippen LogP contribution >= 0.6 is 0 Å². The number of nitrogens with zero attached hydrogens (tertiary/aromatic N) is 2. The summed E-state index contributed by atoms with van der Waals surface area (Å²) in [5, 5.41) is 12.2. The quantitative estimate of drug-likeness (QED) is 0.155. The monoisotopic (exact) mass is 745 g/mol. The average molecular weight is 746 g/mol. The summed E-state index contributed by atoms with van der Waals surface area (Å²) in [5.74, 6) is -3.85. The number of alkyl halides is 3. The van der Waals surface area contributed by atoms with Crippen LogP contribution in [0.4, 0.5) is 26.3 Å². The molecule has 14 heteroatoms. The number of aromatic nitrogens is 1. The van der Waals surface area contributed by atoms with Crippen molar-refractivity contribution >= 4 is 11.9 Å². The Morgan fingerprint density at radius 3 is 2.21 bits per heavy atom. The number of hydrogen-bond donors (Lipinski definition) is 2. The predicted molar refractivity (Wildman–Crippen MR) is 185 cm³/mol. The zero-order valence-electron chi connectivity index (χ0n) is 29.8. The second-order valence-corrected chi connectivity index (χ2v) is 14.2. The number of morpholine rings is 1. The zero-order chi connectivity index (χ0) is 38.9. The normalized spacial score (nSPS) is 18.5. The number of rotatable bonds is 12. The Morgan fingerprint density at radius 2 is 1.66 bits per heavy atom. The fraction of sp³-hybridized carbons (Fsp3) is 0.462. The summed E-state index contributed by atoms with van der Waals surface area (Å²) in [5.41, 5.74) is -3.23. The van der Waals surface area contributed by atoms with Gasteiger partial charge in [-0.2, -0.15) is 13.2 Å². The summed E-state index contributed by atoms with van der Waals surface area (Å²) in [6, 6.07) is 0.280. The number of aliphatic carboxylic acids is 1. The third kappa shape index (κ3) is 8.47. The number of aryl methyl sites for hydroxylation is 2. The number of carboxylic acid groups (broad SMARTS) is 1. The topological polar surface area (TPSA) is 101 Å². The molecule has 3 heterocycles. The minimum Gasteiger partial charge on any atom is -0.481 e. The Morgan fingerprint density at radius 1 is 1.04 bits per heavy atom. The number of carbonyl (C=O) groups excluding carboxylic acids is 1. The van der Waals surface area contributed by atoms with Crippen molar-refractivity contribution in [3.63, 3.8) is 0 Å². The van der Waals surface area contributed by atoms with E-state index in [2.05, 4.69) is 16.1 Å². The van der Waals surface area contributed by atoms with E-state index in [1.165, 1.54) is 13.8 Å². The maximum Gasteiger partial charge on any atom is 0.416 e. The van der Waals surface area contributed by atoms with Gasteiger partial charge < -0.3 is 19.7 Å². The van der Waals surface area contributed by atoms with Gasteiger partial charge in [-0.05, 0) is 85.9 Å². The van der Waals surface area contributed by atoms with Crippen molar-refractivity contribution in [3.8, 4) is 23.5 Å². The first kappa shape index (κ1) is 39.6. The molecule has 2 bridgehead atoms. The van der Waals surface area contributed by atoms with Gasteiger partial charge in [-0.3, -0.25) is 19.3 Å². The van der Waals surface area contributed by atoms with E-state index in [-0.39, 0.29) is 70.8 Å². The highest BCUT2D eigenvalue weighted by molar-refractivity contribution is 5.83. The number of benzene rings is 2. The van der Waals surface area contributed by atoms with E-state index >= 15 is 8.78 Å². The van der Waals surface area contributed by atoms with Gasteiger partial charge in [0.1, 0.15) is 23.5 Å². The second-order valence-electron chi connectivity index (χ2n) is 14.2. The van der Waals surface area contributed by atoms with Gasteiger partial charge in [0.2, 0.25) is 5.91 Å². The molecule has 2 aliphatic heterocycles. The van der Waals surface area contributed by atoms with Gasteiger partial charge in [0.15, 0.2) is 0 Å². The third-order valence-corrected chi connectivity index (χ3v) is 10.0. The van der Waals surface area contributed by atoms with Crippen LogP contribution in [-0.2, 0) is 26.9 Å². The molecule has 3 aromatic rings. The SMILES string of the molecule is C#Cc1cc(F)c(C(CC(=O)O)NC(=O)C(CC(C)C)n2cc(CCN3C4CCC3COC4)c(C(F)(F)F)cc2=O)c(F)c1-c1c(C)cc(F)cc1C. The number of hydrogen-bond acceptors (Lipinski definition) is 5. The molecule has 2 aromatic carbocycles. The first-order valence-electron chi connectivity index (χ1n) is 17.3. The number of carboxylic acids is 1. The van der Waals surface area contributed by atoms with Gasteiger partial charge in [-0.1, -0.05) is 19.8 Å². The summed E-state index contributed by atoms with van der Waals surface area (Å²) < 4.78 is 95.9. The molecule has 1 amide bonds. The Labute approximate surface area is 303 Å².